The molecular formula is C15H14F3NO4. The van der Waals surface area contributed by atoms with Crippen LogP contribution in [-0.4, -0.2) is 30.3 Å². The van der Waals surface area contributed by atoms with Crippen molar-refractivity contribution in [3.63, 3.8) is 0 Å². The number of esters is 1. The zero-order valence-electron chi connectivity index (χ0n) is 12.0. The Morgan fingerprint density at radius 1 is 1.13 bits per heavy atom. The van der Waals surface area contributed by atoms with Gasteiger partial charge < -0.3 is 15.6 Å². The second-order valence-corrected chi connectivity index (χ2v) is 4.41. The quantitative estimate of drug-likeness (QED) is 0.827. The Bertz CT molecular complexity index is 700. The minimum atomic E-state index is -5.08. The first-order valence-corrected chi connectivity index (χ1v) is 6.29. The van der Waals surface area contributed by atoms with E-state index in [0.29, 0.717) is 0 Å². The van der Waals surface area contributed by atoms with Gasteiger partial charge in [0.15, 0.2) is 0 Å². The van der Waals surface area contributed by atoms with Gasteiger partial charge in [-0.15, -0.1) is 0 Å². The molecule has 0 amide bonds. The van der Waals surface area contributed by atoms with E-state index in [0.717, 1.165) is 16.3 Å². The van der Waals surface area contributed by atoms with Gasteiger partial charge in [0.05, 0.1) is 7.11 Å². The first-order valence-electron chi connectivity index (χ1n) is 6.29. The number of rotatable bonds is 2. The van der Waals surface area contributed by atoms with Crippen molar-refractivity contribution in [1.82, 2.24) is 0 Å². The molecule has 0 aromatic heterocycles. The zero-order chi connectivity index (χ0) is 17.6. The molecule has 0 aliphatic carbocycles. The van der Waals surface area contributed by atoms with Crippen LogP contribution in [-0.2, 0) is 14.3 Å². The molecule has 0 heterocycles. The SMILES string of the molecule is COC(=O)C(N)c1ccc2ccccc2c1.O=C(O)C(F)(F)F. The number of methoxy groups -OCH3 is 1. The van der Waals surface area contributed by atoms with Crippen molar-refractivity contribution >= 4 is 22.7 Å². The van der Waals surface area contributed by atoms with Crippen molar-refractivity contribution in [2.45, 2.75) is 12.2 Å². The maximum atomic E-state index is 11.3. The highest BCUT2D eigenvalue weighted by Gasteiger charge is 2.38. The third-order valence-electron chi connectivity index (χ3n) is 2.83. The van der Waals surface area contributed by atoms with Crippen LogP contribution in [0.3, 0.4) is 0 Å². The zero-order valence-corrected chi connectivity index (χ0v) is 12.0. The molecule has 0 radical (unpaired) electrons. The molecule has 2 aromatic carbocycles. The Morgan fingerprint density at radius 2 is 1.65 bits per heavy atom. The van der Waals surface area contributed by atoms with Gasteiger partial charge in [0, 0.05) is 0 Å². The topological polar surface area (TPSA) is 89.6 Å². The van der Waals surface area contributed by atoms with Crippen LogP contribution in [0.4, 0.5) is 13.2 Å². The minimum Gasteiger partial charge on any atom is -0.475 e. The molecular weight excluding hydrogens is 315 g/mol. The Labute approximate surface area is 129 Å². The summed E-state index contributed by atoms with van der Waals surface area (Å²) in [6.07, 6.45) is -5.08. The monoisotopic (exact) mass is 329 g/mol. The molecule has 2 aromatic rings. The van der Waals surface area contributed by atoms with Crippen molar-refractivity contribution < 1.29 is 32.6 Å². The van der Waals surface area contributed by atoms with Gasteiger partial charge in [0.1, 0.15) is 6.04 Å². The molecule has 2 rings (SSSR count). The number of carboxylic acids is 1. The van der Waals surface area contributed by atoms with Crippen molar-refractivity contribution in [2.24, 2.45) is 5.73 Å². The molecule has 8 heteroatoms. The average Bonchev–Trinajstić information content (AvgIpc) is 2.52. The van der Waals surface area contributed by atoms with Gasteiger partial charge in [-0.05, 0) is 22.4 Å². The molecule has 23 heavy (non-hydrogen) atoms. The van der Waals surface area contributed by atoms with E-state index in [1.807, 2.05) is 42.5 Å². The van der Waals surface area contributed by atoms with E-state index in [9.17, 15) is 18.0 Å². The summed E-state index contributed by atoms with van der Waals surface area (Å²) in [4.78, 5) is 20.2. The van der Waals surface area contributed by atoms with Gasteiger partial charge in [-0.1, -0.05) is 36.4 Å². The van der Waals surface area contributed by atoms with Crippen LogP contribution in [0.25, 0.3) is 10.8 Å². The summed E-state index contributed by atoms with van der Waals surface area (Å²) in [6, 6.07) is 12.9. The predicted octanol–water partition coefficient (Wildman–Crippen LogP) is 2.65. The standard InChI is InChI=1S/C13H13NO2.C2HF3O2/c1-16-13(15)12(14)11-7-6-9-4-2-3-5-10(9)8-11;3-2(4,5)1(6)7/h2-8,12H,14H2,1H3;(H,6,7). The first-order chi connectivity index (χ1) is 10.7. The third kappa shape index (κ3) is 5.26. The number of hydrogen-bond acceptors (Lipinski definition) is 4. The Balaban J connectivity index is 0.000000322. The van der Waals surface area contributed by atoms with Gasteiger partial charge in [0.2, 0.25) is 0 Å². The van der Waals surface area contributed by atoms with E-state index in [4.69, 9.17) is 15.6 Å². The predicted molar refractivity (Wildman–Crippen MR) is 76.6 cm³/mol. The molecule has 0 aliphatic heterocycles. The van der Waals surface area contributed by atoms with Crippen molar-refractivity contribution in [3.05, 3.63) is 48.0 Å². The summed E-state index contributed by atoms with van der Waals surface area (Å²) < 4.78 is 36.4. The molecule has 0 saturated carbocycles. The lowest BCUT2D eigenvalue weighted by atomic mass is 10.0. The largest absolute Gasteiger partial charge is 0.490 e. The van der Waals surface area contributed by atoms with E-state index < -0.39 is 24.2 Å². The lowest BCUT2D eigenvalue weighted by molar-refractivity contribution is -0.192. The summed E-state index contributed by atoms with van der Waals surface area (Å²) in [7, 11) is 1.34. The number of halogens is 3. The van der Waals surface area contributed by atoms with Gasteiger partial charge >= 0.3 is 18.1 Å². The number of carbonyl (C=O) groups is 2. The summed E-state index contributed by atoms with van der Waals surface area (Å²) >= 11 is 0. The van der Waals surface area contributed by atoms with Crippen molar-refractivity contribution in [3.8, 4) is 0 Å². The van der Waals surface area contributed by atoms with E-state index in [-0.39, 0.29) is 0 Å². The smallest absolute Gasteiger partial charge is 0.475 e. The van der Waals surface area contributed by atoms with Crippen LogP contribution in [0, 0.1) is 0 Å². The van der Waals surface area contributed by atoms with Crippen LogP contribution >= 0.6 is 0 Å². The Hall–Kier alpha value is -2.61. The van der Waals surface area contributed by atoms with Crippen LogP contribution in [0.1, 0.15) is 11.6 Å². The second kappa shape index (κ2) is 7.59. The number of benzene rings is 2. The molecule has 124 valence electrons. The molecule has 0 fully saturated rings. The minimum absolute atomic E-state index is 0.421. The van der Waals surface area contributed by atoms with Crippen molar-refractivity contribution in [2.75, 3.05) is 7.11 Å². The van der Waals surface area contributed by atoms with E-state index in [1.165, 1.54) is 7.11 Å². The number of nitrogens with two attached hydrogens (primary N) is 1. The van der Waals surface area contributed by atoms with Crippen LogP contribution in [0.2, 0.25) is 0 Å². The molecule has 5 nitrogen and oxygen atoms in total. The number of alkyl halides is 3. The summed E-state index contributed by atoms with van der Waals surface area (Å²) in [6.45, 7) is 0. The van der Waals surface area contributed by atoms with Gasteiger partial charge in [-0.25, -0.2) is 4.79 Å². The number of hydrogen-bond donors (Lipinski definition) is 2. The highest BCUT2D eigenvalue weighted by atomic mass is 19.4. The highest BCUT2D eigenvalue weighted by molar-refractivity contribution is 5.85. The lowest BCUT2D eigenvalue weighted by Gasteiger charge is -2.10. The van der Waals surface area contributed by atoms with Crippen LogP contribution in [0.15, 0.2) is 42.5 Å². The fraction of sp³-hybridized carbons (Fsp3) is 0.200. The summed E-state index contributed by atoms with van der Waals surface area (Å²) in [5.74, 6) is -3.18. The summed E-state index contributed by atoms with van der Waals surface area (Å²) in [5.41, 5.74) is 6.53. The van der Waals surface area contributed by atoms with Crippen LogP contribution < -0.4 is 5.73 Å². The fourth-order valence-electron chi connectivity index (χ4n) is 1.66. The molecule has 1 unspecified atom stereocenters. The molecule has 0 saturated heterocycles. The van der Waals surface area contributed by atoms with Crippen LogP contribution in [0.5, 0.6) is 0 Å². The normalized spacial score (nSPS) is 12.0. The number of carboxylic acid groups (broad SMARTS) is 1. The average molecular weight is 329 g/mol. The molecule has 0 aliphatic rings. The second-order valence-electron chi connectivity index (χ2n) is 4.41. The third-order valence-corrected chi connectivity index (χ3v) is 2.83. The fourth-order valence-corrected chi connectivity index (χ4v) is 1.66. The maximum Gasteiger partial charge on any atom is 0.490 e. The number of fused-ring (bicyclic) bond motifs is 1. The van der Waals surface area contributed by atoms with E-state index in [2.05, 4.69) is 4.74 Å². The first kappa shape index (κ1) is 18.4. The number of ether oxygens (including phenoxy) is 1. The molecule has 0 spiro atoms. The lowest BCUT2D eigenvalue weighted by Crippen LogP contribution is -2.22. The van der Waals surface area contributed by atoms with Crippen molar-refractivity contribution in [1.29, 1.82) is 0 Å². The Morgan fingerprint density at radius 3 is 2.13 bits per heavy atom. The molecule has 1 atom stereocenters. The van der Waals surface area contributed by atoms with E-state index >= 15 is 0 Å². The van der Waals surface area contributed by atoms with E-state index in [1.54, 1.807) is 0 Å². The summed E-state index contributed by atoms with van der Waals surface area (Å²) in [5, 5.41) is 9.32. The highest BCUT2D eigenvalue weighted by Crippen LogP contribution is 2.19. The van der Waals surface area contributed by atoms with Gasteiger partial charge in [0.25, 0.3) is 0 Å². The number of aliphatic carboxylic acids is 1. The Kier molecular flexibility index (Phi) is 6.09. The number of carbonyl (C=O) groups excluding carboxylic acids is 1. The molecule has 3 N–H and O–H groups in total. The van der Waals surface area contributed by atoms with Gasteiger partial charge in [-0.2, -0.15) is 13.2 Å². The molecule has 0 bridgehead atoms. The maximum absolute atomic E-state index is 11.3. The van der Waals surface area contributed by atoms with Gasteiger partial charge in [-0.3, -0.25) is 4.79 Å².